The van der Waals surface area contributed by atoms with E-state index in [0.717, 1.165) is 32.3 Å². The van der Waals surface area contributed by atoms with E-state index in [0.29, 0.717) is 6.10 Å². The molecule has 0 spiro atoms. The average Bonchev–Trinajstić information content (AvgIpc) is 2.05. The molecule has 0 rings (SSSR count). The first-order chi connectivity index (χ1) is 5.35. The Morgan fingerprint density at radius 3 is 2.27 bits per heavy atom. The molecule has 0 aromatic rings. The Kier molecular flexibility index (Phi) is 7.96. The molecule has 0 aliphatic rings. The van der Waals surface area contributed by atoms with Crippen molar-refractivity contribution in [3.63, 3.8) is 0 Å². The van der Waals surface area contributed by atoms with Gasteiger partial charge in [0.05, 0.1) is 6.10 Å². The highest BCUT2D eigenvalue weighted by Gasteiger charge is 2.01. The first-order valence-corrected chi connectivity index (χ1v) is 4.57. The molecule has 0 aliphatic heterocycles. The first-order valence-electron chi connectivity index (χ1n) is 4.57. The van der Waals surface area contributed by atoms with Crippen LogP contribution in [0, 0.1) is 0 Å². The van der Waals surface area contributed by atoms with Gasteiger partial charge in [-0.1, -0.05) is 13.8 Å². The summed E-state index contributed by atoms with van der Waals surface area (Å²) in [7, 11) is 0. The normalized spacial score (nSPS) is 10.9. The summed E-state index contributed by atoms with van der Waals surface area (Å²) < 4.78 is 5.53. The van der Waals surface area contributed by atoms with E-state index in [-0.39, 0.29) is 6.61 Å². The number of ether oxygens (including phenoxy) is 1. The van der Waals surface area contributed by atoms with Crippen LogP contribution in [0.15, 0.2) is 0 Å². The lowest BCUT2D eigenvalue weighted by molar-refractivity contribution is 0.0439. The summed E-state index contributed by atoms with van der Waals surface area (Å²) in [6, 6.07) is 0. The molecule has 0 aliphatic carbocycles. The van der Waals surface area contributed by atoms with Gasteiger partial charge >= 0.3 is 0 Å². The Labute approximate surface area is 69.6 Å². The minimum Gasteiger partial charge on any atom is -0.396 e. The summed E-state index contributed by atoms with van der Waals surface area (Å²) in [6.07, 6.45) is 4.45. The predicted octanol–water partition coefficient (Wildman–Crippen LogP) is 1.96. The molecule has 0 heterocycles. The molecule has 1 N–H and O–H groups in total. The monoisotopic (exact) mass is 160 g/mol. The van der Waals surface area contributed by atoms with Crippen molar-refractivity contribution in [1.82, 2.24) is 0 Å². The van der Waals surface area contributed by atoms with Gasteiger partial charge in [-0.2, -0.15) is 0 Å². The van der Waals surface area contributed by atoms with Crippen molar-refractivity contribution in [2.75, 3.05) is 13.2 Å². The fraction of sp³-hybridized carbons (Fsp3) is 1.00. The Bertz CT molecular complexity index is 70.0. The number of rotatable bonds is 7. The molecule has 0 radical (unpaired) electrons. The molecular weight excluding hydrogens is 140 g/mol. The molecule has 0 atom stereocenters. The molecule has 68 valence electrons. The number of unbranched alkanes of at least 4 members (excludes halogenated alkanes) is 1. The van der Waals surface area contributed by atoms with Crippen molar-refractivity contribution in [2.45, 2.75) is 45.6 Å². The standard InChI is InChI=1S/C9H20O2/c1-3-9(4-2)11-8-6-5-7-10/h9-10H,3-8H2,1-2H3. The van der Waals surface area contributed by atoms with Crippen LogP contribution in [0.1, 0.15) is 39.5 Å². The lowest BCUT2D eigenvalue weighted by Crippen LogP contribution is -2.11. The molecule has 2 nitrogen and oxygen atoms in total. The van der Waals surface area contributed by atoms with E-state index in [4.69, 9.17) is 9.84 Å². The Morgan fingerprint density at radius 1 is 1.18 bits per heavy atom. The molecule has 0 bridgehead atoms. The molecular formula is C9H20O2. The number of aliphatic hydroxyl groups is 1. The highest BCUT2D eigenvalue weighted by molar-refractivity contribution is 4.50. The van der Waals surface area contributed by atoms with Crippen LogP contribution in [0.25, 0.3) is 0 Å². The van der Waals surface area contributed by atoms with Gasteiger partial charge < -0.3 is 9.84 Å². The van der Waals surface area contributed by atoms with Gasteiger partial charge in [-0.05, 0) is 25.7 Å². The van der Waals surface area contributed by atoms with Gasteiger partial charge in [-0.3, -0.25) is 0 Å². The molecule has 11 heavy (non-hydrogen) atoms. The average molecular weight is 160 g/mol. The third-order valence-corrected chi connectivity index (χ3v) is 1.82. The van der Waals surface area contributed by atoms with Gasteiger partial charge in [0, 0.05) is 13.2 Å². The van der Waals surface area contributed by atoms with E-state index >= 15 is 0 Å². The molecule has 0 fully saturated rings. The largest absolute Gasteiger partial charge is 0.396 e. The SMILES string of the molecule is CCC(CC)OCCCCO. The van der Waals surface area contributed by atoms with Crippen LogP contribution in [-0.2, 0) is 4.74 Å². The molecule has 0 unspecified atom stereocenters. The topological polar surface area (TPSA) is 29.5 Å². The van der Waals surface area contributed by atoms with Crippen LogP contribution in [0.3, 0.4) is 0 Å². The van der Waals surface area contributed by atoms with Gasteiger partial charge in [0.1, 0.15) is 0 Å². The maximum atomic E-state index is 8.49. The third kappa shape index (κ3) is 6.32. The van der Waals surface area contributed by atoms with E-state index in [9.17, 15) is 0 Å². The highest BCUT2D eigenvalue weighted by atomic mass is 16.5. The van der Waals surface area contributed by atoms with E-state index in [1.165, 1.54) is 0 Å². The Morgan fingerprint density at radius 2 is 1.82 bits per heavy atom. The third-order valence-electron chi connectivity index (χ3n) is 1.82. The van der Waals surface area contributed by atoms with Crippen LogP contribution in [0.5, 0.6) is 0 Å². The van der Waals surface area contributed by atoms with Gasteiger partial charge in [0.2, 0.25) is 0 Å². The van der Waals surface area contributed by atoms with Crippen LogP contribution in [0.2, 0.25) is 0 Å². The smallest absolute Gasteiger partial charge is 0.0569 e. The van der Waals surface area contributed by atoms with Crippen molar-refractivity contribution in [1.29, 1.82) is 0 Å². The summed E-state index contributed by atoms with van der Waals surface area (Å²) >= 11 is 0. The molecule has 0 aromatic carbocycles. The van der Waals surface area contributed by atoms with E-state index < -0.39 is 0 Å². The maximum absolute atomic E-state index is 8.49. The summed E-state index contributed by atoms with van der Waals surface area (Å²) in [4.78, 5) is 0. The quantitative estimate of drug-likeness (QED) is 0.577. The zero-order valence-corrected chi connectivity index (χ0v) is 7.68. The van der Waals surface area contributed by atoms with Crippen LogP contribution in [-0.4, -0.2) is 24.4 Å². The van der Waals surface area contributed by atoms with Gasteiger partial charge in [-0.15, -0.1) is 0 Å². The zero-order chi connectivity index (χ0) is 8.53. The highest BCUT2D eigenvalue weighted by Crippen LogP contribution is 2.03. The molecule has 0 aromatic heterocycles. The van der Waals surface area contributed by atoms with E-state index in [2.05, 4.69) is 13.8 Å². The number of hydrogen-bond acceptors (Lipinski definition) is 2. The van der Waals surface area contributed by atoms with Crippen LogP contribution < -0.4 is 0 Å². The molecule has 0 saturated heterocycles. The molecule has 0 amide bonds. The minimum absolute atomic E-state index is 0.284. The van der Waals surface area contributed by atoms with Crippen molar-refractivity contribution >= 4 is 0 Å². The second kappa shape index (κ2) is 8.02. The lowest BCUT2D eigenvalue weighted by atomic mass is 10.2. The summed E-state index contributed by atoms with van der Waals surface area (Å²) in [5, 5.41) is 8.49. The maximum Gasteiger partial charge on any atom is 0.0569 e. The summed E-state index contributed by atoms with van der Waals surface area (Å²) in [5.41, 5.74) is 0. The van der Waals surface area contributed by atoms with E-state index in [1.54, 1.807) is 0 Å². The lowest BCUT2D eigenvalue weighted by Gasteiger charge is -2.12. The second-order valence-corrected chi connectivity index (χ2v) is 2.74. The summed E-state index contributed by atoms with van der Waals surface area (Å²) in [5.74, 6) is 0. The second-order valence-electron chi connectivity index (χ2n) is 2.74. The minimum atomic E-state index is 0.284. The van der Waals surface area contributed by atoms with Gasteiger partial charge in [-0.25, -0.2) is 0 Å². The Hall–Kier alpha value is -0.0800. The van der Waals surface area contributed by atoms with E-state index in [1.807, 2.05) is 0 Å². The Balaban J connectivity index is 3.07. The fourth-order valence-electron chi connectivity index (χ4n) is 0.988. The van der Waals surface area contributed by atoms with Gasteiger partial charge in [0.15, 0.2) is 0 Å². The van der Waals surface area contributed by atoms with Crippen molar-refractivity contribution in [3.05, 3.63) is 0 Å². The zero-order valence-electron chi connectivity index (χ0n) is 7.68. The van der Waals surface area contributed by atoms with Crippen molar-refractivity contribution in [2.24, 2.45) is 0 Å². The molecule has 2 heteroatoms. The molecule has 0 saturated carbocycles. The van der Waals surface area contributed by atoms with Gasteiger partial charge in [0.25, 0.3) is 0 Å². The van der Waals surface area contributed by atoms with Crippen molar-refractivity contribution in [3.8, 4) is 0 Å². The fourth-order valence-corrected chi connectivity index (χ4v) is 0.988. The van der Waals surface area contributed by atoms with Crippen LogP contribution in [0.4, 0.5) is 0 Å². The first kappa shape index (κ1) is 10.9. The summed E-state index contributed by atoms with van der Waals surface area (Å²) in [6.45, 7) is 5.36. The van der Waals surface area contributed by atoms with Crippen LogP contribution >= 0.6 is 0 Å². The number of hydrogen-bond donors (Lipinski definition) is 1. The number of aliphatic hydroxyl groups excluding tert-OH is 1. The predicted molar refractivity (Wildman–Crippen MR) is 46.6 cm³/mol. The van der Waals surface area contributed by atoms with Crippen molar-refractivity contribution < 1.29 is 9.84 Å².